The molecule has 3 atom stereocenters. The van der Waals surface area contributed by atoms with Gasteiger partial charge in [0.2, 0.25) is 0 Å². The number of piperidine rings is 1. The molecule has 2 fully saturated rings. The molecule has 0 aliphatic carbocycles. The fraction of sp³-hybridized carbons (Fsp3) is 0.471. The van der Waals surface area contributed by atoms with Crippen LogP contribution in [-0.4, -0.2) is 53.6 Å². The average Bonchev–Trinajstić information content (AvgIpc) is 3.16. The van der Waals surface area contributed by atoms with Crippen LogP contribution in [0.5, 0.6) is 0 Å². The molecule has 4 rings (SSSR count). The minimum atomic E-state index is -4.98. The van der Waals surface area contributed by atoms with Crippen LogP contribution in [0.3, 0.4) is 0 Å². The SMILES string of the molecule is O=C(NC1CC2CCN(C2)C1)c1cc2c(NC(=O)C(F)(F)F)csc2cn1. The molecule has 2 aliphatic heterocycles. The van der Waals surface area contributed by atoms with Gasteiger partial charge in [0.05, 0.1) is 10.4 Å². The Bertz CT molecular complexity index is 886. The zero-order valence-corrected chi connectivity index (χ0v) is 15.0. The lowest BCUT2D eigenvalue weighted by Crippen LogP contribution is -2.47. The van der Waals surface area contributed by atoms with Gasteiger partial charge in [-0.1, -0.05) is 0 Å². The van der Waals surface area contributed by atoms with Gasteiger partial charge in [0.15, 0.2) is 0 Å². The number of aromatic nitrogens is 1. The lowest BCUT2D eigenvalue weighted by molar-refractivity contribution is -0.167. The largest absolute Gasteiger partial charge is 0.471 e. The van der Waals surface area contributed by atoms with E-state index in [-0.39, 0.29) is 23.3 Å². The molecule has 2 bridgehead atoms. The highest BCUT2D eigenvalue weighted by molar-refractivity contribution is 7.17. The number of hydrogen-bond acceptors (Lipinski definition) is 5. The summed E-state index contributed by atoms with van der Waals surface area (Å²) in [7, 11) is 0. The van der Waals surface area contributed by atoms with E-state index in [0.717, 1.165) is 43.8 Å². The number of pyridine rings is 1. The molecular formula is C17H17F3N4O2S. The first-order valence-corrected chi connectivity index (χ1v) is 9.46. The van der Waals surface area contributed by atoms with Crippen LogP contribution < -0.4 is 10.6 Å². The molecular weight excluding hydrogens is 381 g/mol. The summed E-state index contributed by atoms with van der Waals surface area (Å²) >= 11 is 1.15. The van der Waals surface area contributed by atoms with Gasteiger partial charge in [-0.25, -0.2) is 4.98 Å². The van der Waals surface area contributed by atoms with Crippen LogP contribution in [0.25, 0.3) is 10.1 Å². The zero-order chi connectivity index (χ0) is 19.2. The summed E-state index contributed by atoms with van der Waals surface area (Å²) in [5, 5.41) is 6.60. The number of anilines is 1. The van der Waals surface area contributed by atoms with Crippen molar-refractivity contribution in [2.75, 3.05) is 25.0 Å². The molecule has 144 valence electrons. The number of carbonyl (C=O) groups is 2. The van der Waals surface area contributed by atoms with Crippen molar-refractivity contribution in [1.82, 2.24) is 15.2 Å². The Morgan fingerprint density at radius 3 is 2.85 bits per heavy atom. The van der Waals surface area contributed by atoms with Crippen LogP contribution in [0, 0.1) is 5.92 Å². The smallest absolute Gasteiger partial charge is 0.347 e. The Kier molecular flexibility index (Phi) is 4.55. The van der Waals surface area contributed by atoms with E-state index < -0.39 is 12.1 Å². The predicted molar refractivity (Wildman–Crippen MR) is 94.7 cm³/mol. The molecule has 2 aromatic heterocycles. The molecule has 27 heavy (non-hydrogen) atoms. The monoisotopic (exact) mass is 398 g/mol. The fourth-order valence-electron chi connectivity index (χ4n) is 3.77. The van der Waals surface area contributed by atoms with Crippen molar-refractivity contribution in [3.05, 3.63) is 23.3 Å². The topological polar surface area (TPSA) is 74.3 Å². The average molecular weight is 398 g/mol. The first-order chi connectivity index (χ1) is 12.8. The van der Waals surface area contributed by atoms with Crippen molar-refractivity contribution in [2.45, 2.75) is 25.1 Å². The highest BCUT2D eigenvalue weighted by atomic mass is 32.1. The molecule has 6 nitrogen and oxygen atoms in total. The van der Waals surface area contributed by atoms with Gasteiger partial charge < -0.3 is 15.5 Å². The van der Waals surface area contributed by atoms with Crippen LogP contribution in [0.1, 0.15) is 23.3 Å². The van der Waals surface area contributed by atoms with Gasteiger partial charge in [0.1, 0.15) is 5.69 Å². The molecule has 4 heterocycles. The standard InChI is InChI=1S/C17H17F3N4O2S/c18-17(19,20)16(26)23-13-8-27-14-5-21-12(4-11(13)14)15(25)22-10-3-9-1-2-24(6-9)7-10/h4-5,8-10H,1-3,6-7H2,(H,22,25)(H,23,26). The Morgan fingerprint density at radius 2 is 2.11 bits per heavy atom. The van der Waals surface area contributed by atoms with Gasteiger partial charge in [-0.15, -0.1) is 11.3 Å². The second-order valence-corrected chi connectivity index (χ2v) is 7.90. The third kappa shape index (κ3) is 3.77. The Balaban J connectivity index is 1.51. The first kappa shape index (κ1) is 18.2. The maximum absolute atomic E-state index is 12.5. The van der Waals surface area contributed by atoms with Crippen LogP contribution in [-0.2, 0) is 4.79 Å². The molecule has 0 spiro atoms. The number of nitrogens with one attached hydrogen (secondary N) is 2. The number of rotatable bonds is 3. The lowest BCUT2D eigenvalue weighted by Gasteiger charge is -2.30. The maximum Gasteiger partial charge on any atom is 0.471 e. The van der Waals surface area contributed by atoms with E-state index in [2.05, 4.69) is 15.2 Å². The number of nitrogens with zero attached hydrogens (tertiary/aromatic N) is 2. The summed E-state index contributed by atoms with van der Waals surface area (Å²) in [6.07, 6.45) is -1.47. The molecule has 2 aromatic rings. The molecule has 2 saturated heterocycles. The van der Waals surface area contributed by atoms with E-state index in [1.54, 1.807) is 0 Å². The number of thiophene rings is 1. The summed E-state index contributed by atoms with van der Waals surface area (Å²) in [4.78, 5) is 30.2. The number of alkyl halides is 3. The third-order valence-corrected chi connectivity index (χ3v) is 5.93. The fourth-order valence-corrected chi connectivity index (χ4v) is 4.61. The van der Waals surface area contributed by atoms with Crippen LogP contribution in [0.15, 0.2) is 17.6 Å². The van der Waals surface area contributed by atoms with Crippen molar-refractivity contribution in [2.24, 2.45) is 5.92 Å². The van der Waals surface area contributed by atoms with Crippen LogP contribution in [0.4, 0.5) is 18.9 Å². The van der Waals surface area contributed by atoms with Gasteiger partial charge in [-0.05, 0) is 31.4 Å². The van der Waals surface area contributed by atoms with E-state index in [9.17, 15) is 22.8 Å². The summed E-state index contributed by atoms with van der Waals surface area (Å²) in [5.74, 6) is -1.80. The van der Waals surface area contributed by atoms with Gasteiger partial charge >= 0.3 is 12.1 Å². The van der Waals surface area contributed by atoms with E-state index >= 15 is 0 Å². The van der Waals surface area contributed by atoms with Gasteiger partial charge in [-0.2, -0.15) is 13.2 Å². The normalized spacial score (nSPS) is 24.8. The summed E-state index contributed by atoms with van der Waals surface area (Å²) in [5.41, 5.74) is 0.145. The Morgan fingerprint density at radius 1 is 1.30 bits per heavy atom. The molecule has 2 N–H and O–H groups in total. The van der Waals surface area contributed by atoms with Gasteiger partial charge in [0, 0.05) is 36.1 Å². The zero-order valence-electron chi connectivity index (χ0n) is 14.2. The minimum Gasteiger partial charge on any atom is -0.347 e. The summed E-state index contributed by atoms with van der Waals surface area (Å²) in [6.45, 7) is 2.93. The van der Waals surface area contributed by atoms with Crippen molar-refractivity contribution in [3.63, 3.8) is 0 Å². The van der Waals surface area contributed by atoms with Gasteiger partial charge in [-0.3, -0.25) is 9.59 Å². The number of amides is 2. The second-order valence-electron chi connectivity index (χ2n) is 6.99. The number of carbonyl (C=O) groups excluding carboxylic acids is 2. The Labute approximate surface area is 156 Å². The maximum atomic E-state index is 12.5. The van der Waals surface area contributed by atoms with Crippen molar-refractivity contribution in [1.29, 1.82) is 0 Å². The van der Waals surface area contributed by atoms with Crippen molar-refractivity contribution >= 4 is 38.9 Å². The van der Waals surface area contributed by atoms with E-state index in [1.165, 1.54) is 17.6 Å². The Hall–Kier alpha value is -2.20. The quantitative estimate of drug-likeness (QED) is 0.834. The van der Waals surface area contributed by atoms with E-state index in [4.69, 9.17) is 0 Å². The number of halogens is 3. The van der Waals surface area contributed by atoms with Crippen molar-refractivity contribution in [3.8, 4) is 0 Å². The first-order valence-electron chi connectivity index (χ1n) is 8.58. The lowest BCUT2D eigenvalue weighted by atomic mass is 9.97. The second kappa shape index (κ2) is 6.75. The molecule has 10 heteroatoms. The molecule has 0 saturated carbocycles. The molecule has 0 aromatic carbocycles. The van der Waals surface area contributed by atoms with E-state index in [0.29, 0.717) is 16.0 Å². The molecule has 2 aliphatic rings. The number of hydrogen-bond donors (Lipinski definition) is 2. The minimum absolute atomic E-state index is 0.0237. The summed E-state index contributed by atoms with van der Waals surface area (Å²) < 4.78 is 38.1. The van der Waals surface area contributed by atoms with E-state index in [1.807, 2.05) is 5.32 Å². The van der Waals surface area contributed by atoms with Crippen LogP contribution >= 0.6 is 11.3 Å². The molecule has 3 unspecified atom stereocenters. The third-order valence-electron chi connectivity index (χ3n) is 5.00. The molecule has 2 amide bonds. The highest BCUT2D eigenvalue weighted by Gasteiger charge is 2.39. The predicted octanol–water partition coefficient (Wildman–Crippen LogP) is 2.62. The summed E-state index contributed by atoms with van der Waals surface area (Å²) in [6, 6.07) is 1.47. The van der Waals surface area contributed by atoms with Crippen molar-refractivity contribution < 1.29 is 22.8 Å². The molecule has 0 radical (unpaired) electrons. The highest BCUT2D eigenvalue weighted by Crippen LogP contribution is 2.32. The van der Waals surface area contributed by atoms with Crippen LogP contribution in [0.2, 0.25) is 0 Å². The number of fused-ring (bicyclic) bond motifs is 3. The van der Waals surface area contributed by atoms with Gasteiger partial charge in [0.25, 0.3) is 5.91 Å².